The van der Waals surface area contributed by atoms with Crippen molar-refractivity contribution >= 4 is 16.3 Å². The Balaban J connectivity index is 2.86. The van der Waals surface area contributed by atoms with Gasteiger partial charge in [-0.1, -0.05) is 88.1 Å². The van der Waals surface area contributed by atoms with Crippen LogP contribution in [0.25, 0.3) is 0 Å². The number of carbonyl (C=O) groups excluding carboxylic acids is 1. The normalized spacial score (nSPS) is 24.2. The largest absolute Gasteiger partial charge is 0.397 e. The molecule has 0 aromatic carbocycles. The Morgan fingerprint density at radius 3 is 2.04 bits per heavy atom. The molecular weight excluding hydrogens is 646 g/mol. The summed E-state index contributed by atoms with van der Waals surface area (Å²) in [7, 11) is -5.12. The third-order valence-corrected chi connectivity index (χ3v) is 8.12. The molecule has 13 nitrogen and oxygen atoms in total. The number of ether oxygens (including phenoxy) is 2. The minimum Gasteiger partial charge on any atom is -0.394 e. The first-order valence-electron chi connectivity index (χ1n) is 17.1. The van der Waals surface area contributed by atoms with Gasteiger partial charge in [0, 0.05) is 0 Å². The van der Waals surface area contributed by atoms with E-state index in [1.807, 2.05) is 18.2 Å². The molecule has 1 saturated heterocycles. The van der Waals surface area contributed by atoms with Crippen molar-refractivity contribution in [1.82, 2.24) is 5.32 Å². The van der Waals surface area contributed by atoms with Gasteiger partial charge in [-0.25, -0.2) is 4.18 Å². The molecule has 1 rings (SSSR count). The maximum Gasteiger partial charge on any atom is 0.397 e. The summed E-state index contributed by atoms with van der Waals surface area (Å²) in [5.41, 5.74) is 0. The van der Waals surface area contributed by atoms with Crippen molar-refractivity contribution in [2.75, 3.05) is 13.2 Å². The van der Waals surface area contributed by atoms with E-state index in [0.717, 1.165) is 57.8 Å². The highest BCUT2D eigenvalue weighted by molar-refractivity contribution is 7.80. The second-order valence-corrected chi connectivity index (χ2v) is 12.9. The zero-order valence-corrected chi connectivity index (χ0v) is 29.2. The Morgan fingerprint density at radius 1 is 0.833 bits per heavy atom. The zero-order valence-electron chi connectivity index (χ0n) is 28.4. The number of hydrogen-bond acceptors (Lipinski definition) is 11. The summed E-state index contributed by atoms with van der Waals surface area (Å²) >= 11 is 0. The van der Waals surface area contributed by atoms with Crippen molar-refractivity contribution in [3.8, 4) is 0 Å². The second-order valence-electron chi connectivity index (χ2n) is 11.9. The van der Waals surface area contributed by atoms with Crippen molar-refractivity contribution in [2.45, 2.75) is 146 Å². The van der Waals surface area contributed by atoms with Crippen LogP contribution in [0, 0.1) is 0 Å². The molecule has 278 valence electrons. The Hall–Kier alpha value is -1.98. The second kappa shape index (κ2) is 25.9. The third kappa shape index (κ3) is 19.3. The summed E-state index contributed by atoms with van der Waals surface area (Å²) < 4.78 is 47.0. The molecule has 8 atom stereocenters. The van der Waals surface area contributed by atoms with E-state index in [-0.39, 0.29) is 6.42 Å². The molecule has 0 bridgehead atoms. The molecular formula is C34H59NO12S. The van der Waals surface area contributed by atoms with Crippen LogP contribution in [0.4, 0.5) is 0 Å². The molecule has 1 amide bonds. The number of aliphatic hydroxyl groups is 5. The van der Waals surface area contributed by atoms with E-state index in [2.05, 4.69) is 41.6 Å². The van der Waals surface area contributed by atoms with Gasteiger partial charge in [-0.05, 0) is 57.8 Å². The molecule has 1 aliphatic rings. The van der Waals surface area contributed by atoms with Gasteiger partial charge in [0.15, 0.2) is 6.29 Å². The number of nitrogens with one attached hydrogen (secondary N) is 1. The van der Waals surface area contributed by atoms with Crippen LogP contribution in [-0.4, -0.2) is 107 Å². The quantitative estimate of drug-likeness (QED) is 0.0393. The Labute approximate surface area is 286 Å². The minimum atomic E-state index is -5.12. The molecule has 14 heteroatoms. The van der Waals surface area contributed by atoms with Gasteiger partial charge >= 0.3 is 10.4 Å². The minimum absolute atomic E-state index is 0.146. The molecule has 0 aromatic heterocycles. The van der Waals surface area contributed by atoms with E-state index < -0.39 is 78.5 Å². The van der Waals surface area contributed by atoms with E-state index in [4.69, 9.17) is 14.0 Å². The third-order valence-electron chi connectivity index (χ3n) is 7.66. The van der Waals surface area contributed by atoms with Crippen LogP contribution >= 0.6 is 0 Å². The number of aliphatic hydroxyl groups excluding tert-OH is 5. The first-order valence-corrected chi connectivity index (χ1v) is 18.5. The summed E-state index contributed by atoms with van der Waals surface area (Å²) in [4.78, 5) is 12.9. The standard InChI is InChI=1S/C34H59NO12S/c1-3-5-7-9-11-13-14-15-17-18-20-22-27(37)26(35-33(41)28(38)23-21-19-16-12-10-8-6-4-2)25-45-34-31(40)32(47-48(42,43)44)30(39)29(24-36)46-34/h7,9,14-16,19-20,22,26-32,34,36-40H,3-6,8,10-13,17-18,21,23-25H2,1-2H3,(H,35,41)(H,42,43,44)/b9-7+,15-14+,19-16-,22-20+. The van der Waals surface area contributed by atoms with Gasteiger partial charge in [0.25, 0.3) is 0 Å². The van der Waals surface area contributed by atoms with E-state index in [9.17, 15) is 38.7 Å². The van der Waals surface area contributed by atoms with Crippen LogP contribution in [0.5, 0.6) is 0 Å². The topological polar surface area (TPSA) is 212 Å². The fourth-order valence-corrected chi connectivity index (χ4v) is 5.36. The molecule has 48 heavy (non-hydrogen) atoms. The van der Waals surface area contributed by atoms with Crippen LogP contribution in [0.1, 0.15) is 97.3 Å². The van der Waals surface area contributed by atoms with Crippen LogP contribution in [0.2, 0.25) is 0 Å². The number of hydrogen-bond donors (Lipinski definition) is 7. The zero-order chi connectivity index (χ0) is 35.8. The van der Waals surface area contributed by atoms with Gasteiger partial charge in [0.05, 0.1) is 25.4 Å². The van der Waals surface area contributed by atoms with Crippen LogP contribution in [-0.2, 0) is 28.9 Å². The molecule has 0 saturated carbocycles. The molecule has 0 aliphatic carbocycles. The molecule has 1 fully saturated rings. The first-order chi connectivity index (χ1) is 22.9. The van der Waals surface area contributed by atoms with Crippen LogP contribution in [0.15, 0.2) is 48.6 Å². The van der Waals surface area contributed by atoms with E-state index in [1.165, 1.54) is 12.5 Å². The van der Waals surface area contributed by atoms with Gasteiger partial charge in [-0.3, -0.25) is 9.35 Å². The number of amides is 1. The molecule has 1 heterocycles. The number of carbonyl (C=O) groups is 1. The summed E-state index contributed by atoms with van der Waals surface area (Å²) in [6.07, 6.45) is 15.5. The first kappa shape index (κ1) is 44.0. The Morgan fingerprint density at radius 2 is 1.44 bits per heavy atom. The van der Waals surface area contributed by atoms with Gasteiger partial charge in [-0.2, -0.15) is 8.42 Å². The smallest absolute Gasteiger partial charge is 0.394 e. The lowest BCUT2D eigenvalue weighted by Crippen LogP contribution is -2.61. The van der Waals surface area contributed by atoms with Gasteiger partial charge in [0.1, 0.15) is 30.5 Å². The number of unbranched alkanes of at least 4 members (excludes halogenated alkanes) is 7. The lowest BCUT2D eigenvalue weighted by Gasteiger charge is -2.41. The fourth-order valence-electron chi connectivity index (χ4n) is 4.85. The average Bonchev–Trinajstić information content (AvgIpc) is 3.05. The van der Waals surface area contributed by atoms with Crippen LogP contribution in [0.3, 0.4) is 0 Å². The summed E-state index contributed by atoms with van der Waals surface area (Å²) in [6.45, 7) is 2.97. The van der Waals surface area contributed by atoms with Crippen LogP contribution < -0.4 is 5.32 Å². The van der Waals surface area contributed by atoms with Gasteiger partial charge in [-0.15, -0.1) is 0 Å². The van der Waals surface area contributed by atoms with Crippen molar-refractivity contribution in [1.29, 1.82) is 0 Å². The van der Waals surface area contributed by atoms with E-state index in [0.29, 0.717) is 12.8 Å². The number of rotatable bonds is 26. The van der Waals surface area contributed by atoms with Crippen molar-refractivity contribution in [3.63, 3.8) is 0 Å². The van der Waals surface area contributed by atoms with Crippen molar-refractivity contribution in [2.24, 2.45) is 0 Å². The molecule has 0 aromatic rings. The highest BCUT2D eigenvalue weighted by atomic mass is 32.3. The maximum absolute atomic E-state index is 12.9. The van der Waals surface area contributed by atoms with E-state index >= 15 is 0 Å². The lowest BCUT2D eigenvalue weighted by atomic mass is 9.99. The summed E-state index contributed by atoms with van der Waals surface area (Å²) in [5, 5.41) is 54.4. The highest BCUT2D eigenvalue weighted by Crippen LogP contribution is 2.26. The number of allylic oxidation sites excluding steroid dienone is 7. The summed E-state index contributed by atoms with van der Waals surface area (Å²) in [6, 6.07) is -1.15. The molecule has 8 unspecified atom stereocenters. The molecule has 7 N–H and O–H groups in total. The lowest BCUT2D eigenvalue weighted by molar-refractivity contribution is -0.298. The molecule has 0 radical (unpaired) electrons. The fraction of sp³-hybridized carbons (Fsp3) is 0.735. The predicted molar refractivity (Wildman–Crippen MR) is 182 cm³/mol. The molecule has 1 aliphatic heterocycles. The Bertz CT molecular complexity index is 1080. The van der Waals surface area contributed by atoms with E-state index in [1.54, 1.807) is 6.08 Å². The summed E-state index contributed by atoms with van der Waals surface area (Å²) in [5.74, 6) is -0.760. The predicted octanol–water partition coefficient (Wildman–Crippen LogP) is 3.17. The Kier molecular flexibility index (Phi) is 23.8. The van der Waals surface area contributed by atoms with Crippen molar-refractivity contribution in [3.05, 3.63) is 48.6 Å². The molecule has 0 spiro atoms. The monoisotopic (exact) mass is 705 g/mol. The SMILES string of the molecule is CCC/C=C/CC/C=C/CC/C=C/C(O)C(COC1OC(CO)C(O)C(OS(=O)(=O)O)C1O)NC(=O)C(O)CC/C=C\CCCCCC. The maximum atomic E-state index is 12.9. The highest BCUT2D eigenvalue weighted by Gasteiger charge is 2.48. The van der Waals surface area contributed by atoms with Gasteiger partial charge in [0.2, 0.25) is 5.91 Å². The van der Waals surface area contributed by atoms with Crippen molar-refractivity contribution < 1.29 is 57.0 Å². The average molecular weight is 706 g/mol. The van der Waals surface area contributed by atoms with Gasteiger partial charge < -0.3 is 40.3 Å².